The highest BCUT2D eigenvalue weighted by atomic mass is 32.1. The highest BCUT2D eigenvalue weighted by molar-refractivity contribution is 7.09. The number of hydrogen-bond acceptors (Lipinski definition) is 8. The van der Waals surface area contributed by atoms with Gasteiger partial charge in [0, 0.05) is 62.8 Å². The Hall–Kier alpha value is -2.75. The number of amides is 1. The van der Waals surface area contributed by atoms with Crippen molar-refractivity contribution in [3.8, 4) is 0 Å². The molecule has 1 amide bonds. The summed E-state index contributed by atoms with van der Waals surface area (Å²) in [5.74, 6) is 0.506. The number of carbonyl (C=O) groups excluding carboxylic acids is 1. The van der Waals surface area contributed by atoms with Gasteiger partial charge < -0.3 is 15.1 Å². The smallest absolute Gasteiger partial charge is 0.293 e. The summed E-state index contributed by atoms with van der Waals surface area (Å²) in [5, 5.41) is 14.9. The van der Waals surface area contributed by atoms with Gasteiger partial charge in [-0.05, 0) is 18.6 Å². The molecule has 10 heteroatoms. The van der Waals surface area contributed by atoms with Crippen molar-refractivity contribution in [3.05, 3.63) is 39.7 Å². The van der Waals surface area contributed by atoms with Crippen LogP contribution in [0, 0.1) is 10.1 Å². The Labute approximate surface area is 161 Å². The van der Waals surface area contributed by atoms with Crippen LogP contribution in [0.4, 0.5) is 16.5 Å². The molecule has 1 aliphatic rings. The SMILES string of the molecule is CCc1nsc(N2CCCN(c3ccc(C(=O)NC)cc3[N+](=O)[O-])CC2)n1. The van der Waals surface area contributed by atoms with Crippen LogP contribution >= 0.6 is 11.5 Å². The van der Waals surface area contributed by atoms with Crippen LogP contribution in [0.5, 0.6) is 0 Å². The number of rotatable bonds is 5. The molecule has 27 heavy (non-hydrogen) atoms. The van der Waals surface area contributed by atoms with Gasteiger partial charge in [-0.1, -0.05) is 6.92 Å². The van der Waals surface area contributed by atoms with Gasteiger partial charge in [0.25, 0.3) is 11.6 Å². The number of aromatic nitrogens is 2. The minimum Gasteiger partial charge on any atom is -0.364 e. The molecule has 1 N–H and O–H groups in total. The van der Waals surface area contributed by atoms with E-state index in [-0.39, 0.29) is 17.2 Å². The molecule has 1 fully saturated rings. The summed E-state index contributed by atoms with van der Waals surface area (Å²) < 4.78 is 4.34. The van der Waals surface area contributed by atoms with E-state index in [0.717, 1.165) is 30.3 Å². The highest BCUT2D eigenvalue weighted by Crippen LogP contribution is 2.31. The van der Waals surface area contributed by atoms with Crippen molar-refractivity contribution >= 4 is 33.9 Å². The summed E-state index contributed by atoms with van der Waals surface area (Å²) in [6.45, 7) is 4.92. The van der Waals surface area contributed by atoms with E-state index in [4.69, 9.17) is 0 Å². The number of benzene rings is 1. The predicted octanol–water partition coefficient (Wildman–Crippen LogP) is 2.08. The topological polar surface area (TPSA) is 105 Å². The van der Waals surface area contributed by atoms with Gasteiger partial charge in [-0.2, -0.15) is 4.37 Å². The largest absolute Gasteiger partial charge is 0.364 e. The van der Waals surface area contributed by atoms with Gasteiger partial charge in [0.15, 0.2) is 0 Å². The lowest BCUT2D eigenvalue weighted by molar-refractivity contribution is -0.384. The molecule has 1 aromatic carbocycles. The summed E-state index contributed by atoms with van der Waals surface area (Å²) in [7, 11) is 1.50. The van der Waals surface area contributed by atoms with Gasteiger partial charge >= 0.3 is 0 Å². The molecule has 3 rings (SSSR count). The average molecular weight is 390 g/mol. The summed E-state index contributed by atoms with van der Waals surface area (Å²) >= 11 is 1.40. The number of nitro benzene ring substituents is 1. The van der Waals surface area contributed by atoms with E-state index in [1.54, 1.807) is 12.1 Å². The lowest BCUT2D eigenvalue weighted by Gasteiger charge is -2.23. The minimum absolute atomic E-state index is 0.0475. The van der Waals surface area contributed by atoms with E-state index in [9.17, 15) is 14.9 Å². The maximum Gasteiger partial charge on any atom is 0.293 e. The Morgan fingerprint density at radius 3 is 2.70 bits per heavy atom. The molecule has 144 valence electrons. The van der Waals surface area contributed by atoms with Crippen LogP contribution in [0.15, 0.2) is 18.2 Å². The lowest BCUT2D eigenvalue weighted by Crippen LogP contribution is -2.31. The molecule has 2 heterocycles. The van der Waals surface area contributed by atoms with Crippen LogP contribution in [0.1, 0.15) is 29.5 Å². The van der Waals surface area contributed by atoms with Crippen LogP contribution < -0.4 is 15.1 Å². The van der Waals surface area contributed by atoms with Crippen molar-refractivity contribution < 1.29 is 9.72 Å². The molecule has 2 aromatic rings. The van der Waals surface area contributed by atoms with E-state index < -0.39 is 4.92 Å². The fourth-order valence-electron chi connectivity index (χ4n) is 3.09. The molecule has 0 unspecified atom stereocenters. The second-order valence-corrected chi connectivity index (χ2v) is 6.94. The summed E-state index contributed by atoms with van der Waals surface area (Å²) in [6, 6.07) is 4.63. The van der Waals surface area contributed by atoms with E-state index >= 15 is 0 Å². The molecule has 0 atom stereocenters. The lowest BCUT2D eigenvalue weighted by atomic mass is 10.1. The number of nitro groups is 1. The summed E-state index contributed by atoms with van der Waals surface area (Å²) in [5.41, 5.74) is 0.778. The first-order valence-electron chi connectivity index (χ1n) is 8.86. The molecular formula is C17H22N6O3S. The fraction of sp³-hybridized carbons (Fsp3) is 0.471. The van der Waals surface area contributed by atoms with Crippen molar-refractivity contribution in [1.29, 1.82) is 0 Å². The quantitative estimate of drug-likeness (QED) is 0.616. The number of nitrogens with zero attached hydrogens (tertiary/aromatic N) is 5. The third-order valence-corrected chi connectivity index (χ3v) is 5.36. The van der Waals surface area contributed by atoms with Gasteiger partial charge in [-0.3, -0.25) is 14.9 Å². The van der Waals surface area contributed by atoms with Crippen LogP contribution in [0.2, 0.25) is 0 Å². The Bertz CT molecular complexity index is 840. The molecular weight excluding hydrogens is 368 g/mol. The third-order valence-electron chi connectivity index (χ3n) is 4.54. The van der Waals surface area contributed by atoms with Crippen molar-refractivity contribution in [2.75, 3.05) is 43.0 Å². The van der Waals surface area contributed by atoms with E-state index in [1.165, 1.54) is 24.6 Å². The van der Waals surface area contributed by atoms with Gasteiger partial charge in [-0.15, -0.1) is 0 Å². The molecule has 0 bridgehead atoms. The number of aryl methyl sites for hydroxylation is 1. The second kappa shape index (κ2) is 8.30. The Morgan fingerprint density at radius 1 is 1.30 bits per heavy atom. The molecule has 1 aliphatic heterocycles. The first-order chi connectivity index (χ1) is 13.0. The Kier molecular flexibility index (Phi) is 5.84. The monoisotopic (exact) mass is 390 g/mol. The average Bonchev–Trinajstić information content (AvgIpc) is 3.04. The summed E-state index contributed by atoms with van der Waals surface area (Å²) in [4.78, 5) is 31.6. The summed E-state index contributed by atoms with van der Waals surface area (Å²) in [6.07, 6.45) is 1.66. The maximum atomic E-state index is 11.8. The van der Waals surface area contributed by atoms with Crippen LogP contribution in [-0.2, 0) is 6.42 Å². The number of anilines is 2. The van der Waals surface area contributed by atoms with Crippen molar-refractivity contribution in [2.45, 2.75) is 19.8 Å². The fourth-order valence-corrected chi connectivity index (χ4v) is 3.89. The zero-order chi connectivity index (χ0) is 19.4. The van der Waals surface area contributed by atoms with Gasteiger partial charge in [0.2, 0.25) is 5.13 Å². The van der Waals surface area contributed by atoms with Crippen LogP contribution in [0.25, 0.3) is 0 Å². The number of hydrogen-bond donors (Lipinski definition) is 1. The first-order valence-corrected chi connectivity index (χ1v) is 9.63. The second-order valence-electron chi connectivity index (χ2n) is 6.21. The molecule has 9 nitrogen and oxygen atoms in total. The van der Waals surface area contributed by atoms with Crippen molar-refractivity contribution in [2.24, 2.45) is 0 Å². The molecule has 1 saturated heterocycles. The van der Waals surface area contributed by atoms with Crippen molar-refractivity contribution in [3.63, 3.8) is 0 Å². The Morgan fingerprint density at radius 2 is 2.04 bits per heavy atom. The molecule has 0 radical (unpaired) electrons. The molecule has 1 aromatic heterocycles. The number of carbonyl (C=O) groups is 1. The minimum atomic E-state index is -0.428. The van der Waals surface area contributed by atoms with Crippen LogP contribution in [0.3, 0.4) is 0 Å². The zero-order valence-corrected chi connectivity index (χ0v) is 16.2. The number of nitrogens with one attached hydrogen (secondary N) is 1. The normalized spacial score (nSPS) is 14.7. The van der Waals surface area contributed by atoms with E-state index in [0.29, 0.717) is 25.3 Å². The van der Waals surface area contributed by atoms with E-state index in [2.05, 4.69) is 19.6 Å². The van der Waals surface area contributed by atoms with E-state index in [1.807, 2.05) is 11.8 Å². The standard InChI is InChI=1S/C17H22N6O3S/c1-3-15-19-17(27-20-15)22-8-4-7-21(9-10-22)13-6-5-12(16(24)18-2)11-14(13)23(25)26/h5-6,11H,3-4,7-10H2,1-2H3,(H,18,24). The molecule has 0 aliphatic carbocycles. The third kappa shape index (κ3) is 4.16. The Balaban J connectivity index is 1.80. The highest BCUT2D eigenvalue weighted by Gasteiger charge is 2.24. The first kappa shape index (κ1) is 19.0. The molecule has 0 saturated carbocycles. The van der Waals surface area contributed by atoms with Gasteiger partial charge in [-0.25, -0.2) is 4.98 Å². The van der Waals surface area contributed by atoms with Gasteiger partial charge in [0.1, 0.15) is 11.5 Å². The van der Waals surface area contributed by atoms with Crippen molar-refractivity contribution in [1.82, 2.24) is 14.7 Å². The van der Waals surface area contributed by atoms with Crippen LogP contribution in [-0.4, -0.2) is 53.4 Å². The zero-order valence-electron chi connectivity index (χ0n) is 15.3. The predicted molar refractivity (Wildman–Crippen MR) is 105 cm³/mol. The molecule has 0 spiro atoms. The van der Waals surface area contributed by atoms with Gasteiger partial charge in [0.05, 0.1) is 4.92 Å². The maximum absolute atomic E-state index is 11.8.